The number of nitrogens with one attached hydrogen (secondary N) is 1. The van der Waals surface area contributed by atoms with Gasteiger partial charge in [-0.15, -0.1) is 0 Å². The van der Waals surface area contributed by atoms with E-state index in [4.69, 9.17) is 18.6 Å². The number of fused-ring (bicyclic) bond motifs is 2. The largest absolute Gasteiger partial charge is 0.489 e. The van der Waals surface area contributed by atoms with E-state index < -0.39 is 0 Å². The van der Waals surface area contributed by atoms with Crippen LogP contribution in [-0.2, 0) is 6.61 Å². The molecule has 5 rings (SSSR count). The molecule has 0 radical (unpaired) electrons. The normalized spacial score (nSPS) is 12.5. The smallest absolute Gasteiger partial charge is 0.291 e. The minimum atomic E-state index is -0.352. The Morgan fingerprint density at radius 2 is 1.67 bits per heavy atom. The molecule has 6 heteroatoms. The van der Waals surface area contributed by atoms with Gasteiger partial charge in [0.1, 0.15) is 31.2 Å². The van der Waals surface area contributed by atoms with E-state index in [1.807, 2.05) is 54.6 Å². The fourth-order valence-corrected chi connectivity index (χ4v) is 3.41. The van der Waals surface area contributed by atoms with E-state index in [9.17, 15) is 4.79 Å². The Hall–Kier alpha value is -3.93. The maximum absolute atomic E-state index is 13.1. The lowest BCUT2D eigenvalue weighted by atomic mass is 10.1. The first-order valence-electron chi connectivity index (χ1n) is 9.67. The number of hydrogen-bond acceptors (Lipinski definition) is 5. The zero-order valence-electron chi connectivity index (χ0n) is 16.1. The minimum absolute atomic E-state index is 0.213. The van der Waals surface area contributed by atoms with E-state index in [1.165, 1.54) is 0 Å². The van der Waals surface area contributed by atoms with E-state index in [2.05, 4.69) is 5.32 Å². The second-order valence-electron chi connectivity index (χ2n) is 6.82. The number of hydrogen-bond donors (Lipinski definition) is 1. The molecule has 30 heavy (non-hydrogen) atoms. The van der Waals surface area contributed by atoms with E-state index in [0.717, 1.165) is 11.1 Å². The van der Waals surface area contributed by atoms with Gasteiger partial charge in [-0.05, 0) is 30.3 Å². The predicted molar refractivity (Wildman–Crippen MR) is 112 cm³/mol. The molecular formula is C24H19NO5. The Balaban J connectivity index is 1.43. The summed E-state index contributed by atoms with van der Waals surface area (Å²) < 4.78 is 22.9. The number of rotatable bonds is 5. The van der Waals surface area contributed by atoms with Crippen molar-refractivity contribution in [3.05, 3.63) is 84.1 Å². The third kappa shape index (κ3) is 3.55. The Morgan fingerprint density at radius 1 is 0.900 bits per heavy atom. The molecule has 0 bridgehead atoms. The summed E-state index contributed by atoms with van der Waals surface area (Å²) in [6.07, 6.45) is 0. The first-order chi connectivity index (χ1) is 14.8. The Morgan fingerprint density at radius 3 is 2.53 bits per heavy atom. The monoisotopic (exact) mass is 401 g/mol. The van der Waals surface area contributed by atoms with Crippen LogP contribution in [0.4, 0.5) is 5.69 Å². The van der Waals surface area contributed by atoms with Crippen molar-refractivity contribution in [1.82, 2.24) is 0 Å². The average Bonchev–Trinajstić information content (AvgIpc) is 3.17. The maximum atomic E-state index is 13.1. The highest BCUT2D eigenvalue weighted by Crippen LogP contribution is 2.33. The molecule has 0 atom stereocenters. The molecule has 1 aliphatic heterocycles. The van der Waals surface area contributed by atoms with Crippen molar-refractivity contribution in [1.29, 1.82) is 0 Å². The van der Waals surface area contributed by atoms with Crippen molar-refractivity contribution >= 4 is 22.6 Å². The number of furan rings is 1. The van der Waals surface area contributed by atoms with Gasteiger partial charge in [0.05, 0.1) is 0 Å². The summed E-state index contributed by atoms with van der Waals surface area (Å²) in [5.41, 5.74) is 1.93. The topological polar surface area (TPSA) is 69.9 Å². The van der Waals surface area contributed by atoms with Crippen molar-refractivity contribution in [3.63, 3.8) is 0 Å². The Labute approximate surface area is 173 Å². The summed E-state index contributed by atoms with van der Waals surface area (Å²) in [7, 11) is 0. The highest BCUT2D eigenvalue weighted by atomic mass is 16.6. The van der Waals surface area contributed by atoms with Gasteiger partial charge in [-0.25, -0.2) is 0 Å². The third-order valence-corrected chi connectivity index (χ3v) is 4.83. The van der Waals surface area contributed by atoms with E-state index >= 15 is 0 Å². The van der Waals surface area contributed by atoms with Crippen molar-refractivity contribution < 1.29 is 23.4 Å². The Kier molecular flexibility index (Phi) is 4.73. The van der Waals surface area contributed by atoms with Crippen molar-refractivity contribution in [2.75, 3.05) is 18.5 Å². The van der Waals surface area contributed by atoms with Crippen molar-refractivity contribution in [2.45, 2.75) is 6.61 Å². The van der Waals surface area contributed by atoms with Gasteiger partial charge < -0.3 is 23.9 Å². The van der Waals surface area contributed by atoms with Crippen LogP contribution >= 0.6 is 0 Å². The highest BCUT2D eigenvalue weighted by molar-refractivity contribution is 6.06. The van der Waals surface area contributed by atoms with Crippen LogP contribution in [0.2, 0.25) is 0 Å². The van der Waals surface area contributed by atoms with Crippen molar-refractivity contribution in [2.24, 2.45) is 0 Å². The standard InChI is InChI=1S/C24H19NO5/c26-24(25-16-10-11-21-22(14-16)28-13-12-27-21)23-19(15-29-17-6-2-1-3-7-17)18-8-4-5-9-20(18)30-23/h1-11,14H,12-13,15H2,(H,25,26). The van der Waals surface area contributed by atoms with E-state index in [-0.39, 0.29) is 18.3 Å². The summed E-state index contributed by atoms with van der Waals surface area (Å²) in [5.74, 6) is 1.87. The van der Waals surface area contributed by atoms with Gasteiger partial charge in [0.25, 0.3) is 5.91 Å². The van der Waals surface area contributed by atoms with Crippen LogP contribution in [0.15, 0.2) is 77.2 Å². The number of ether oxygens (including phenoxy) is 3. The SMILES string of the molecule is O=C(Nc1ccc2c(c1)OCCO2)c1oc2ccccc2c1COc1ccccc1. The summed E-state index contributed by atoms with van der Waals surface area (Å²) in [6.45, 7) is 1.21. The average molecular weight is 401 g/mol. The summed E-state index contributed by atoms with van der Waals surface area (Å²) in [5, 5.41) is 3.73. The number of amides is 1. The quantitative estimate of drug-likeness (QED) is 0.508. The molecule has 1 amide bonds. The summed E-state index contributed by atoms with van der Waals surface area (Å²) in [4.78, 5) is 13.1. The van der Waals surface area contributed by atoms with Crippen LogP contribution in [0, 0.1) is 0 Å². The summed E-state index contributed by atoms with van der Waals surface area (Å²) >= 11 is 0. The Bertz CT molecular complexity index is 1200. The molecule has 0 spiro atoms. The molecule has 1 aliphatic rings. The molecule has 0 saturated carbocycles. The molecule has 0 fully saturated rings. The minimum Gasteiger partial charge on any atom is -0.489 e. The molecule has 6 nitrogen and oxygen atoms in total. The number of benzene rings is 3. The number of para-hydroxylation sites is 2. The van der Waals surface area contributed by atoms with Crippen LogP contribution < -0.4 is 19.5 Å². The zero-order chi connectivity index (χ0) is 20.3. The molecular weight excluding hydrogens is 382 g/mol. The third-order valence-electron chi connectivity index (χ3n) is 4.83. The lowest BCUT2D eigenvalue weighted by molar-refractivity contribution is 0.0995. The van der Waals surface area contributed by atoms with Gasteiger partial charge in [-0.1, -0.05) is 36.4 Å². The van der Waals surface area contributed by atoms with Gasteiger partial charge in [0, 0.05) is 22.7 Å². The van der Waals surface area contributed by atoms with Gasteiger partial charge >= 0.3 is 0 Å². The second kappa shape index (κ2) is 7.83. The van der Waals surface area contributed by atoms with Crippen LogP contribution in [0.1, 0.15) is 16.1 Å². The first-order valence-corrected chi connectivity index (χ1v) is 9.67. The first kappa shape index (κ1) is 18.1. The van der Waals surface area contributed by atoms with E-state index in [0.29, 0.717) is 41.5 Å². The molecule has 2 heterocycles. The zero-order valence-corrected chi connectivity index (χ0v) is 16.1. The van der Waals surface area contributed by atoms with Gasteiger partial charge in [0.15, 0.2) is 17.3 Å². The van der Waals surface area contributed by atoms with Crippen LogP contribution in [0.5, 0.6) is 17.2 Å². The fourth-order valence-electron chi connectivity index (χ4n) is 3.41. The van der Waals surface area contributed by atoms with E-state index in [1.54, 1.807) is 18.2 Å². The van der Waals surface area contributed by atoms with Crippen LogP contribution in [-0.4, -0.2) is 19.1 Å². The molecule has 0 aliphatic carbocycles. The predicted octanol–water partition coefficient (Wildman–Crippen LogP) is 5.04. The van der Waals surface area contributed by atoms with Crippen LogP contribution in [0.25, 0.3) is 11.0 Å². The van der Waals surface area contributed by atoms with Gasteiger partial charge in [-0.2, -0.15) is 0 Å². The molecule has 150 valence electrons. The fraction of sp³-hybridized carbons (Fsp3) is 0.125. The number of carbonyl (C=O) groups excluding carboxylic acids is 1. The molecule has 1 N–H and O–H groups in total. The number of carbonyl (C=O) groups is 1. The van der Waals surface area contributed by atoms with Crippen LogP contribution in [0.3, 0.4) is 0 Å². The molecule has 4 aromatic rings. The van der Waals surface area contributed by atoms with Gasteiger partial charge in [-0.3, -0.25) is 4.79 Å². The molecule has 0 saturated heterocycles. The second-order valence-corrected chi connectivity index (χ2v) is 6.82. The lowest BCUT2D eigenvalue weighted by Crippen LogP contribution is -2.17. The molecule has 3 aromatic carbocycles. The summed E-state index contributed by atoms with van der Waals surface area (Å²) in [6, 6.07) is 22.3. The molecule has 1 aromatic heterocycles. The maximum Gasteiger partial charge on any atom is 0.291 e. The number of anilines is 1. The van der Waals surface area contributed by atoms with Gasteiger partial charge in [0.2, 0.25) is 0 Å². The lowest BCUT2D eigenvalue weighted by Gasteiger charge is -2.18. The highest BCUT2D eigenvalue weighted by Gasteiger charge is 2.22. The van der Waals surface area contributed by atoms with Crippen molar-refractivity contribution in [3.8, 4) is 17.2 Å². The molecule has 0 unspecified atom stereocenters.